The Labute approximate surface area is 103 Å². The van der Waals surface area contributed by atoms with Gasteiger partial charge in [0, 0.05) is 13.1 Å². The first kappa shape index (κ1) is 12.5. The van der Waals surface area contributed by atoms with Gasteiger partial charge in [-0.15, -0.1) is 0 Å². The van der Waals surface area contributed by atoms with Gasteiger partial charge in [0.25, 0.3) is 0 Å². The Bertz CT molecular complexity index is 335. The molecule has 1 atom stereocenters. The molecular formula is C12H23N5. The Morgan fingerprint density at radius 2 is 2.41 bits per heavy atom. The number of rotatable bonds is 6. The molecule has 1 saturated heterocycles. The van der Waals surface area contributed by atoms with Crippen molar-refractivity contribution in [3.8, 4) is 0 Å². The molecule has 1 aromatic heterocycles. The van der Waals surface area contributed by atoms with E-state index >= 15 is 0 Å². The van der Waals surface area contributed by atoms with Crippen molar-refractivity contribution in [3.05, 3.63) is 12.2 Å². The second-order valence-corrected chi connectivity index (χ2v) is 4.95. The Morgan fingerprint density at radius 3 is 3.12 bits per heavy atom. The van der Waals surface area contributed by atoms with Gasteiger partial charge in [0.15, 0.2) is 0 Å². The zero-order valence-corrected chi connectivity index (χ0v) is 10.9. The molecule has 2 rings (SSSR count). The van der Waals surface area contributed by atoms with E-state index in [1.807, 2.05) is 4.68 Å². The topological polar surface area (TPSA) is 46.0 Å². The van der Waals surface area contributed by atoms with Crippen molar-refractivity contribution < 1.29 is 0 Å². The van der Waals surface area contributed by atoms with E-state index in [-0.39, 0.29) is 0 Å². The van der Waals surface area contributed by atoms with Crippen LogP contribution >= 0.6 is 0 Å². The fraction of sp³-hybridized carbons (Fsp3) is 0.833. The highest BCUT2D eigenvalue weighted by Gasteiger charge is 2.18. The standard InChI is InChI=1S/C12H23N5/c1-3-5-17-12(14-10-15-17)8-13-7-11-4-6-16(2)9-11/h10-11,13H,3-9H2,1-2H3. The van der Waals surface area contributed by atoms with E-state index in [2.05, 4.69) is 34.3 Å². The molecule has 96 valence electrons. The molecule has 1 aliphatic heterocycles. The highest BCUT2D eigenvalue weighted by atomic mass is 15.3. The zero-order chi connectivity index (χ0) is 12.1. The normalized spacial score (nSPS) is 21.2. The summed E-state index contributed by atoms with van der Waals surface area (Å²) in [6.07, 6.45) is 4.06. The van der Waals surface area contributed by atoms with Crippen molar-refractivity contribution in [2.75, 3.05) is 26.7 Å². The summed E-state index contributed by atoms with van der Waals surface area (Å²) in [5.41, 5.74) is 0. The van der Waals surface area contributed by atoms with Crippen LogP contribution in [0.25, 0.3) is 0 Å². The van der Waals surface area contributed by atoms with Crippen LogP contribution in [0.15, 0.2) is 6.33 Å². The maximum atomic E-state index is 4.29. The lowest BCUT2D eigenvalue weighted by Gasteiger charge is -2.11. The van der Waals surface area contributed by atoms with Gasteiger partial charge in [0.1, 0.15) is 12.2 Å². The quantitative estimate of drug-likeness (QED) is 0.792. The van der Waals surface area contributed by atoms with Gasteiger partial charge in [-0.25, -0.2) is 9.67 Å². The molecule has 0 aliphatic carbocycles. The molecule has 1 aliphatic rings. The monoisotopic (exact) mass is 237 g/mol. The first-order chi connectivity index (χ1) is 8.29. The Balaban J connectivity index is 1.72. The predicted molar refractivity (Wildman–Crippen MR) is 67.6 cm³/mol. The van der Waals surface area contributed by atoms with Gasteiger partial charge in [-0.05, 0) is 38.9 Å². The molecule has 17 heavy (non-hydrogen) atoms. The van der Waals surface area contributed by atoms with Crippen molar-refractivity contribution in [1.82, 2.24) is 25.0 Å². The summed E-state index contributed by atoms with van der Waals surface area (Å²) < 4.78 is 1.99. The maximum Gasteiger partial charge on any atom is 0.140 e. The van der Waals surface area contributed by atoms with Crippen LogP contribution in [-0.4, -0.2) is 46.3 Å². The molecule has 2 heterocycles. The zero-order valence-electron chi connectivity index (χ0n) is 10.9. The molecule has 0 spiro atoms. The van der Waals surface area contributed by atoms with Crippen LogP contribution in [0.5, 0.6) is 0 Å². The molecule has 5 heteroatoms. The number of likely N-dealkylation sites (tertiary alicyclic amines) is 1. The van der Waals surface area contributed by atoms with E-state index in [0.29, 0.717) is 0 Å². The summed E-state index contributed by atoms with van der Waals surface area (Å²) in [7, 11) is 2.19. The van der Waals surface area contributed by atoms with Gasteiger partial charge in [-0.2, -0.15) is 5.10 Å². The third-order valence-corrected chi connectivity index (χ3v) is 3.34. The first-order valence-corrected chi connectivity index (χ1v) is 6.55. The molecule has 0 aromatic carbocycles. The van der Waals surface area contributed by atoms with E-state index in [9.17, 15) is 0 Å². The van der Waals surface area contributed by atoms with Crippen LogP contribution in [0, 0.1) is 5.92 Å². The minimum absolute atomic E-state index is 0.794. The molecule has 0 saturated carbocycles. The minimum Gasteiger partial charge on any atom is -0.310 e. The van der Waals surface area contributed by atoms with Crippen molar-refractivity contribution in [3.63, 3.8) is 0 Å². The van der Waals surface area contributed by atoms with Gasteiger partial charge in [-0.3, -0.25) is 0 Å². The third-order valence-electron chi connectivity index (χ3n) is 3.34. The molecule has 1 unspecified atom stereocenters. The van der Waals surface area contributed by atoms with Crippen LogP contribution < -0.4 is 5.32 Å². The van der Waals surface area contributed by atoms with Crippen molar-refractivity contribution in [1.29, 1.82) is 0 Å². The summed E-state index contributed by atoms with van der Waals surface area (Å²) in [5.74, 6) is 1.85. The van der Waals surface area contributed by atoms with Crippen molar-refractivity contribution >= 4 is 0 Å². The molecular weight excluding hydrogens is 214 g/mol. The van der Waals surface area contributed by atoms with Crippen molar-refractivity contribution in [2.45, 2.75) is 32.9 Å². The van der Waals surface area contributed by atoms with Crippen LogP contribution in [0.1, 0.15) is 25.6 Å². The molecule has 5 nitrogen and oxygen atoms in total. The lowest BCUT2D eigenvalue weighted by Crippen LogP contribution is -2.26. The summed E-state index contributed by atoms with van der Waals surface area (Å²) in [6.45, 7) is 7.49. The van der Waals surface area contributed by atoms with Gasteiger partial charge in [0.2, 0.25) is 0 Å². The van der Waals surface area contributed by atoms with Gasteiger partial charge < -0.3 is 10.2 Å². The van der Waals surface area contributed by atoms with Crippen molar-refractivity contribution in [2.24, 2.45) is 5.92 Å². The smallest absolute Gasteiger partial charge is 0.140 e. The van der Waals surface area contributed by atoms with Gasteiger partial charge >= 0.3 is 0 Å². The maximum absolute atomic E-state index is 4.29. The largest absolute Gasteiger partial charge is 0.310 e. The SMILES string of the molecule is CCCn1ncnc1CNCC1CCN(C)C1. The van der Waals surface area contributed by atoms with E-state index in [1.54, 1.807) is 6.33 Å². The molecule has 1 fully saturated rings. The first-order valence-electron chi connectivity index (χ1n) is 6.55. The summed E-state index contributed by atoms with van der Waals surface area (Å²) in [4.78, 5) is 6.69. The number of aromatic nitrogens is 3. The summed E-state index contributed by atoms with van der Waals surface area (Å²) >= 11 is 0. The number of nitrogens with zero attached hydrogens (tertiary/aromatic N) is 4. The van der Waals surface area contributed by atoms with E-state index in [0.717, 1.165) is 37.8 Å². The number of hydrogen-bond donors (Lipinski definition) is 1. The van der Waals surface area contributed by atoms with Gasteiger partial charge in [0.05, 0.1) is 6.54 Å². The summed E-state index contributed by atoms with van der Waals surface area (Å²) in [6, 6.07) is 0. The van der Waals surface area contributed by atoms with Crippen LogP contribution in [-0.2, 0) is 13.1 Å². The highest BCUT2D eigenvalue weighted by Crippen LogP contribution is 2.12. The molecule has 0 amide bonds. The number of hydrogen-bond acceptors (Lipinski definition) is 4. The molecule has 1 N–H and O–H groups in total. The van der Waals surface area contributed by atoms with Crippen LogP contribution in [0.3, 0.4) is 0 Å². The van der Waals surface area contributed by atoms with Crippen LogP contribution in [0.4, 0.5) is 0 Å². The van der Waals surface area contributed by atoms with Gasteiger partial charge in [-0.1, -0.05) is 6.92 Å². The van der Waals surface area contributed by atoms with E-state index in [4.69, 9.17) is 0 Å². The average molecular weight is 237 g/mol. The summed E-state index contributed by atoms with van der Waals surface area (Å²) in [5, 5.41) is 7.72. The lowest BCUT2D eigenvalue weighted by molar-refractivity contribution is 0.386. The molecule has 0 radical (unpaired) electrons. The third kappa shape index (κ3) is 3.51. The fourth-order valence-electron chi connectivity index (χ4n) is 2.40. The molecule has 1 aromatic rings. The lowest BCUT2D eigenvalue weighted by atomic mass is 10.1. The van der Waals surface area contributed by atoms with E-state index in [1.165, 1.54) is 19.5 Å². The average Bonchev–Trinajstić information content (AvgIpc) is 2.90. The fourth-order valence-corrected chi connectivity index (χ4v) is 2.40. The highest BCUT2D eigenvalue weighted by molar-refractivity contribution is 4.84. The Morgan fingerprint density at radius 1 is 1.53 bits per heavy atom. The number of nitrogens with one attached hydrogen (secondary N) is 1. The minimum atomic E-state index is 0.794. The van der Waals surface area contributed by atoms with Crippen LogP contribution in [0.2, 0.25) is 0 Å². The predicted octanol–water partition coefficient (Wildman–Crippen LogP) is 0.729. The second kappa shape index (κ2) is 6.12. The second-order valence-electron chi connectivity index (χ2n) is 4.95. The number of aryl methyl sites for hydroxylation is 1. The molecule has 0 bridgehead atoms. The Kier molecular flexibility index (Phi) is 4.50. The van der Waals surface area contributed by atoms with E-state index < -0.39 is 0 Å². The Hall–Kier alpha value is -0.940.